The summed E-state index contributed by atoms with van der Waals surface area (Å²) >= 11 is 0. The van der Waals surface area contributed by atoms with Gasteiger partial charge in [0.2, 0.25) is 0 Å². The smallest absolute Gasteiger partial charge is 0.342 e. The van der Waals surface area contributed by atoms with E-state index in [9.17, 15) is 14.9 Å². The van der Waals surface area contributed by atoms with Crippen LogP contribution in [-0.2, 0) is 9.53 Å². The number of esters is 1. The first-order valence-electron chi connectivity index (χ1n) is 10.4. The minimum atomic E-state index is -0.860. The largest absolute Gasteiger partial charge is 0.490 e. The molecule has 31 heavy (non-hydrogen) atoms. The lowest BCUT2D eigenvalue weighted by atomic mass is 9.83. The summed E-state index contributed by atoms with van der Waals surface area (Å²) in [4.78, 5) is 24.7. The Balaban J connectivity index is 1.48. The normalized spacial score (nSPS) is 14.7. The van der Waals surface area contributed by atoms with E-state index >= 15 is 0 Å². The highest BCUT2D eigenvalue weighted by molar-refractivity contribution is 5.94. The van der Waals surface area contributed by atoms with E-state index in [4.69, 9.17) is 14.2 Å². The Bertz CT molecular complexity index is 917. The molecule has 1 fully saturated rings. The first-order chi connectivity index (χ1) is 15.1. The van der Waals surface area contributed by atoms with Gasteiger partial charge in [-0.2, -0.15) is 5.26 Å². The van der Waals surface area contributed by atoms with E-state index in [-0.39, 0.29) is 12.2 Å². The van der Waals surface area contributed by atoms with Crippen molar-refractivity contribution in [1.29, 1.82) is 5.26 Å². The average molecular weight is 422 g/mol. The van der Waals surface area contributed by atoms with E-state index in [1.54, 1.807) is 24.3 Å². The first-order valence-corrected chi connectivity index (χ1v) is 10.4. The zero-order valence-corrected chi connectivity index (χ0v) is 17.3. The van der Waals surface area contributed by atoms with Gasteiger partial charge in [-0.05, 0) is 37.1 Å². The van der Waals surface area contributed by atoms with Crippen molar-refractivity contribution >= 4 is 11.9 Å². The standard InChI is InChI=1S/C24H26N2O5/c25-18-24(13-7-2-8-14-24)26-22(27)17-31-23(28)20-11-5-6-12-21(20)30-16-15-29-19-9-3-1-4-10-19/h1,3-6,9-12H,2,7-8,13-17H2,(H,26,27). The highest BCUT2D eigenvalue weighted by Crippen LogP contribution is 2.27. The van der Waals surface area contributed by atoms with Crippen LogP contribution in [0.15, 0.2) is 54.6 Å². The van der Waals surface area contributed by atoms with Gasteiger partial charge >= 0.3 is 5.97 Å². The SMILES string of the molecule is N#CC1(NC(=O)COC(=O)c2ccccc2OCCOc2ccccc2)CCCCC1. The maximum Gasteiger partial charge on any atom is 0.342 e. The molecule has 0 atom stereocenters. The van der Waals surface area contributed by atoms with Crippen LogP contribution in [0.5, 0.6) is 11.5 Å². The molecule has 2 aromatic rings. The molecule has 162 valence electrons. The van der Waals surface area contributed by atoms with Gasteiger partial charge in [-0.25, -0.2) is 4.79 Å². The van der Waals surface area contributed by atoms with E-state index in [1.165, 1.54) is 0 Å². The Hall–Kier alpha value is -3.53. The van der Waals surface area contributed by atoms with Crippen LogP contribution in [-0.4, -0.2) is 37.2 Å². The number of nitriles is 1. The van der Waals surface area contributed by atoms with Crippen molar-refractivity contribution in [3.05, 3.63) is 60.2 Å². The molecule has 3 rings (SSSR count). The fourth-order valence-electron chi connectivity index (χ4n) is 3.52. The van der Waals surface area contributed by atoms with E-state index in [2.05, 4.69) is 11.4 Å². The van der Waals surface area contributed by atoms with Gasteiger partial charge in [0.25, 0.3) is 5.91 Å². The molecule has 0 unspecified atom stereocenters. The molecule has 7 heteroatoms. The number of para-hydroxylation sites is 2. The van der Waals surface area contributed by atoms with Crippen molar-refractivity contribution < 1.29 is 23.8 Å². The topological polar surface area (TPSA) is 97.7 Å². The molecule has 1 N–H and O–H groups in total. The predicted molar refractivity (Wildman–Crippen MR) is 114 cm³/mol. The second-order valence-corrected chi connectivity index (χ2v) is 7.39. The lowest BCUT2D eigenvalue weighted by Crippen LogP contribution is -2.50. The quantitative estimate of drug-likeness (QED) is 0.489. The summed E-state index contributed by atoms with van der Waals surface area (Å²) in [6, 6.07) is 18.2. The molecular formula is C24H26N2O5. The lowest BCUT2D eigenvalue weighted by Gasteiger charge is -2.31. The molecule has 1 amide bonds. The summed E-state index contributed by atoms with van der Waals surface area (Å²) in [6.07, 6.45) is 4.08. The maximum atomic E-state index is 12.5. The van der Waals surface area contributed by atoms with Gasteiger partial charge in [0, 0.05) is 0 Å². The number of nitrogens with one attached hydrogen (secondary N) is 1. The molecule has 0 radical (unpaired) electrons. The molecular weight excluding hydrogens is 396 g/mol. The number of hydrogen-bond acceptors (Lipinski definition) is 6. The summed E-state index contributed by atoms with van der Waals surface area (Å²) < 4.78 is 16.4. The van der Waals surface area contributed by atoms with Gasteiger partial charge in [-0.15, -0.1) is 0 Å². The number of carbonyl (C=O) groups is 2. The number of rotatable bonds is 9. The van der Waals surface area contributed by atoms with E-state index in [1.807, 2.05) is 30.3 Å². The third-order valence-electron chi connectivity index (χ3n) is 5.09. The Labute approximate surface area is 181 Å². The summed E-state index contributed by atoms with van der Waals surface area (Å²) in [5, 5.41) is 12.2. The first kappa shape index (κ1) is 22.2. The fraction of sp³-hybridized carbons (Fsp3) is 0.375. The number of carbonyl (C=O) groups excluding carboxylic acids is 2. The monoisotopic (exact) mass is 422 g/mol. The van der Waals surface area contributed by atoms with Crippen molar-refractivity contribution in [2.45, 2.75) is 37.6 Å². The molecule has 0 aliphatic heterocycles. The number of nitrogens with zero attached hydrogens (tertiary/aromatic N) is 1. The van der Waals surface area contributed by atoms with Crippen LogP contribution in [0.25, 0.3) is 0 Å². The van der Waals surface area contributed by atoms with Crippen LogP contribution in [0, 0.1) is 11.3 Å². The van der Waals surface area contributed by atoms with Gasteiger partial charge in [0.1, 0.15) is 35.8 Å². The predicted octanol–water partition coefficient (Wildman–Crippen LogP) is 3.64. The van der Waals surface area contributed by atoms with Gasteiger partial charge in [-0.1, -0.05) is 49.6 Å². The Morgan fingerprint density at radius 1 is 0.935 bits per heavy atom. The molecule has 0 aromatic heterocycles. The van der Waals surface area contributed by atoms with Crippen LogP contribution in [0.1, 0.15) is 42.5 Å². The van der Waals surface area contributed by atoms with Crippen molar-refractivity contribution in [2.75, 3.05) is 19.8 Å². The third kappa shape index (κ3) is 6.48. The molecule has 2 aromatic carbocycles. The number of hydrogen-bond donors (Lipinski definition) is 1. The second kappa shape index (κ2) is 11.0. The summed E-state index contributed by atoms with van der Waals surface area (Å²) in [5.41, 5.74) is -0.635. The Kier molecular flexibility index (Phi) is 7.88. The highest BCUT2D eigenvalue weighted by Gasteiger charge is 2.33. The third-order valence-corrected chi connectivity index (χ3v) is 5.09. The van der Waals surface area contributed by atoms with E-state index < -0.39 is 24.0 Å². The number of benzene rings is 2. The molecule has 0 bridgehead atoms. The molecule has 0 spiro atoms. The van der Waals surface area contributed by atoms with Gasteiger partial charge in [0.05, 0.1) is 6.07 Å². The van der Waals surface area contributed by atoms with Gasteiger partial charge in [0.15, 0.2) is 6.61 Å². The van der Waals surface area contributed by atoms with Crippen molar-refractivity contribution in [1.82, 2.24) is 5.32 Å². The fourth-order valence-corrected chi connectivity index (χ4v) is 3.52. The molecule has 1 aliphatic rings. The van der Waals surface area contributed by atoms with Gasteiger partial charge < -0.3 is 19.5 Å². The molecule has 0 heterocycles. The zero-order valence-electron chi connectivity index (χ0n) is 17.3. The molecule has 1 aliphatic carbocycles. The summed E-state index contributed by atoms with van der Waals surface area (Å²) in [5.74, 6) is -0.0564. The van der Waals surface area contributed by atoms with Crippen LogP contribution in [0.2, 0.25) is 0 Å². The highest BCUT2D eigenvalue weighted by atomic mass is 16.5. The van der Waals surface area contributed by atoms with E-state index in [0.29, 0.717) is 25.2 Å². The zero-order chi connectivity index (χ0) is 21.9. The number of ether oxygens (including phenoxy) is 3. The van der Waals surface area contributed by atoms with Crippen molar-refractivity contribution in [3.63, 3.8) is 0 Å². The van der Waals surface area contributed by atoms with E-state index in [0.717, 1.165) is 25.0 Å². The minimum Gasteiger partial charge on any atom is -0.490 e. The second-order valence-electron chi connectivity index (χ2n) is 7.39. The van der Waals surface area contributed by atoms with Crippen LogP contribution >= 0.6 is 0 Å². The summed E-state index contributed by atoms with van der Waals surface area (Å²) in [6.45, 7) is 0.101. The number of amides is 1. The Morgan fingerprint density at radius 2 is 1.61 bits per heavy atom. The molecule has 7 nitrogen and oxygen atoms in total. The average Bonchev–Trinajstić information content (AvgIpc) is 2.82. The maximum absolute atomic E-state index is 12.5. The van der Waals surface area contributed by atoms with Crippen molar-refractivity contribution in [3.8, 4) is 17.6 Å². The minimum absolute atomic E-state index is 0.225. The summed E-state index contributed by atoms with van der Waals surface area (Å²) in [7, 11) is 0. The van der Waals surface area contributed by atoms with Crippen LogP contribution < -0.4 is 14.8 Å². The Morgan fingerprint density at radius 3 is 2.35 bits per heavy atom. The molecule has 0 saturated heterocycles. The van der Waals surface area contributed by atoms with Crippen LogP contribution in [0.3, 0.4) is 0 Å². The van der Waals surface area contributed by atoms with Gasteiger partial charge in [-0.3, -0.25) is 4.79 Å². The van der Waals surface area contributed by atoms with Crippen molar-refractivity contribution in [2.24, 2.45) is 0 Å². The lowest BCUT2D eigenvalue weighted by molar-refractivity contribution is -0.125. The van der Waals surface area contributed by atoms with Crippen LogP contribution in [0.4, 0.5) is 0 Å². The molecule has 1 saturated carbocycles.